The van der Waals surface area contributed by atoms with Crippen LogP contribution in [0.4, 0.5) is 5.69 Å². The fourth-order valence-corrected chi connectivity index (χ4v) is 1.09. The second-order valence-electron chi connectivity index (χ2n) is 3.25. The van der Waals surface area contributed by atoms with E-state index in [2.05, 4.69) is 25.1 Å². The van der Waals surface area contributed by atoms with Crippen LogP contribution in [0.5, 0.6) is 0 Å². The van der Waals surface area contributed by atoms with Gasteiger partial charge >= 0.3 is 0 Å². The third kappa shape index (κ3) is 2.22. The second kappa shape index (κ2) is 3.95. The highest BCUT2D eigenvalue weighted by Crippen LogP contribution is 2.15. The summed E-state index contributed by atoms with van der Waals surface area (Å²) in [5, 5.41) is 8.73. The van der Waals surface area contributed by atoms with Crippen LogP contribution in [0, 0.1) is 18.3 Å². The molecule has 13 heavy (non-hydrogen) atoms. The Balaban J connectivity index is 2.84. The molecule has 0 radical (unpaired) electrons. The molecule has 0 saturated carbocycles. The number of nitrogens with zero attached hydrogens (tertiary/aromatic N) is 2. The van der Waals surface area contributed by atoms with Crippen molar-refractivity contribution < 1.29 is 0 Å². The lowest BCUT2D eigenvalue weighted by Gasteiger charge is -2.21. The SMILES string of the molecule is Cc1ccc(N(C)C(C)C#N)cc1. The van der Waals surface area contributed by atoms with E-state index in [1.165, 1.54) is 5.56 Å². The Morgan fingerprint density at radius 2 is 1.85 bits per heavy atom. The van der Waals surface area contributed by atoms with Crippen LogP contribution >= 0.6 is 0 Å². The highest BCUT2D eigenvalue weighted by Gasteiger charge is 2.07. The Kier molecular flexibility index (Phi) is 2.92. The van der Waals surface area contributed by atoms with Crippen LogP contribution in [0.25, 0.3) is 0 Å². The highest BCUT2D eigenvalue weighted by atomic mass is 15.1. The molecule has 1 aromatic rings. The summed E-state index contributed by atoms with van der Waals surface area (Å²) in [6.07, 6.45) is 0. The minimum atomic E-state index is -0.0808. The van der Waals surface area contributed by atoms with Gasteiger partial charge in [-0.2, -0.15) is 5.26 Å². The Morgan fingerprint density at radius 1 is 1.31 bits per heavy atom. The fraction of sp³-hybridized carbons (Fsp3) is 0.364. The van der Waals surface area contributed by atoms with Gasteiger partial charge in [0.05, 0.1) is 6.07 Å². The van der Waals surface area contributed by atoms with Gasteiger partial charge in [0.25, 0.3) is 0 Å². The lowest BCUT2D eigenvalue weighted by atomic mass is 10.2. The van der Waals surface area contributed by atoms with Gasteiger partial charge in [-0.1, -0.05) is 17.7 Å². The van der Waals surface area contributed by atoms with Crippen LogP contribution in [0.3, 0.4) is 0 Å². The molecule has 0 aliphatic heterocycles. The van der Waals surface area contributed by atoms with Crippen molar-refractivity contribution in [3.8, 4) is 6.07 Å². The van der Waals surface area contributed by atoms with Crippen LogP contribution in [0.2, 0.25) is 0 Å². The first-order valence-corrected chi connectivity index (χ1v) is 4.34. The molecule has 1 unspecified atom stereocenters. The van der Waals surface area contributed by atoms with Crippen molar-refractivity contribution in [1.29, 1.82) is 5.26 Å². The van der Waals surface area contributed by atoms with Crippen molar-refractivity contribution in [2.24, 2.45) is 0 Å². The molecule has 1 atom stereocenters. The summed E-state index contributed by atoms with van der Waals surface area (Å²) in [7, 11) is 1.93. The third-order valence-electron chi connectivity index (χ3n) is 2.21. The number of rotatable bonds is 2. The molecular weight excluding hydrogens is 160 g/mol. The number of benzene rings is 1. The second-order valence-corrected chi connectivity index (χ2v) is 3.25. The summed E-state index contributed by atoms with van der Waals surface area (Å²) in [5.41, 5.74) is 2.32. The van der Waals surface area contributed by atoms with Gasteiger partial charge < -0.3 is 4.90 Å². The molecule has 0 fully saturated rings. The summed E-state index contributed by atoms with van der Waals surface area (Å²) < 4.78 is 0. The fourth-order valence-electron chi connectivity index (χ4n) is 1.09. The quantitative estimate of drug-likeness (QED) is 0.688. The van der Waals surface area contributed by atoms with E-state index in [1.54, 1.807) is 0 Å². The van der Waals surface area contributed by atoms with Crippen molar-refractivity contribution in [2.45, 2.75) is 19.9 Å². The zero-order chi connectivity index (χ0) is 9.84. The molecule has 0 spiro atoms. The van der Waals surface area contributed by atoms with E-state index in [9.17, 15) is 0 Å². The molecule has 0 aliphatic carbocycles. The Hall–Kier alpha value is -1.49. The van der Waals surface area contributed by atoms with Gasteiger partial charge in [0, 0.05) is 12.7 Å². The van der Waals surface area contributed by atoms with Crippen LogP contribution in [-0.2, 0) is 0 Å². The number of hydrogen-bond acceptors (Lipinski definition) is 2. The minimum Gasteiger partial charge on any atom is -0.359 e. The first-order valence-electron chi connectivity index (χ1n) is 4.34. The number of hydrogen-bond donors (Lipinski definition) is 0. The van der Waals surface area contributed by atoms with E-state index in [-0.39, 0.29) is 6.04 Å². The lowest BCUT2D eigenvalue weighted by Crippen LogP contribution is -2.26. The molecule has 0 amide bonds. The van der Waals surface area contributed by atoms with E-state index in [4.69, 9.17) is 5.26 Å². The van der Waals surface area contributed by atoms with E-state index in [0.717, 1.165) is 5.69 Å². The average molecular weight is 174 g/mol. The molecule has 1 aromatic carbocycles. The molecule has 2 nitrogen and oxygen atoms in total. The first kappa shape index (κ1) is 9.60. The molecule has 0 N–H and O–H groups in total. The van der Waals surface area contributed by atoms with Crippen LogP contribution in [0.15, 0.2) is 24.3 Å². The summed E-state index contributed by atoms with van der Waals surface area (Å²) in [6, 6.07) is 10.3. The van der Waals surface area contributed by atoms with Gasteiger partial charge in [0.2, 0.25) is 0 Å². The maximum atomic E-state index is 8.73. The molecule has 0 aromatic heterocycles. The average Bonchev–Trinajstić information content (AvgIpc) is 2.17. The van der Waals surface area contributed by atoms with E-state index < -0.39 is 0 Å². The van der Waals surface area contributed by atoms with Crippen LogP contribution < -0.4 is 4.90 Å². The largest absolute Gasteiger partial charge is 0.359 e. The molecular formula is C11H14N2. The standard InChI is InChI=1S/C11H14N2/c1-9-4-6-11(7-5-9)13(3)10(2)8-12/h4-7,10H,1-3H3. The van der Waals surface area contributed by atoms with E-state index in [0.29, 0.717) is 0 Å². The highest BCUT2D eigenvalue weighted by molar-refractivity contribution is 5.48. The van der Waals surface area contributed by atoms with Gasteiger partial charge in [-0.15, -0.1) is 0 Å². The zero-order valence-electron chi connectivity index (χ0n) is 8.28. The van der Waals surface area contributed by atoms with Gasteiger partial charge in [-0.3, -0.25) is 0 Å². The van der Waals surface area contributed by atoms with Gasteiger partial charge in [-0.25, -0.2) is 0 Å². The predicted molar refractivity (Wildman–Crippen MR) is 54.7 cm³/mol. The maximum Gasteiger partial charge on any atom is 0.113 e. The Labute approximate surface area is 79.4 Å². The number of aryl methyl sites for hydroxylation is 1. The molecule has 1 rings (SSSR count). The van der Waals surface area contributed by atoms with Gasteiger partial charge in [0.15, 0.2) is 0 Å². The topological polar surface area (TPSA) is 27.0 Å². The minimum absolute atomic E-state index is 0.0808. The van der Waals surface area contributed by atoms with Crippen LogP contribution in [-0.4, -0.2) is 13.1 Å². The smallest absolute Gasteiger partial charge is 0.113 e. The molecule has 0 saturated heterocycles. The molecule has 0 heterocycles. The Morgan fingerprint density at radius 3 is 2.31 bits per heavy atom. The van der Waals surface area contributed by atoms with Crippen molar-refractivity contribution in [3.63, 3.8) is 0 Å². The molecule has 0 aliphatic rings. The first-order chi connectivity index (χ1) is 6.15. The third-order valence-corrected chi connectivity index (χ3v) is 2.21. The van der Waals surface area contributed by atoms with Crippen molar-refractivity contribution in [3.05, 3.63) is 29.8 Å². The normalized spacial score (nSPS) is 11.8. The summed E-state index contributed by atoms with van der Waals surface area (Å²) >= 11 is 0. The molecule has 2 heteroatoms. The van der Waals surface area contributed by atoms with Gasteiger partial charge in [-0.05, 0) is 26.0 Å². The Bertz CT molecular complexity index is 308. The van der Waals surface area contributed by atoms with Crippen molar-refractivity contribution in [2.75, 3.05) is 11.9 Å². The zero-order valence-corrected chi connectivity index (χ0v) is 8.28. The predicted octanol–water partition coefficient (Wildman–Crippen LogP) is 2.34. The summed E-state index contributed by atoms with van der Waals surface area (Å²) in [5.74, 6) is 0. The summed E-state index contributed by atoms with van der Waals surface area (Å²) in [4.78, 5) is 1.96. The molecule has 0 bridgehead atoms. The van der Waals surface area contributed by atoms with Gasteiger partial charge in [0.1, 0.15) is 6.04 Å². The summed E-state index contributed by atoms with van der Waals surface area (Å²) in [6.45, 7) is 3.94. The maximum absolute atomic E-state index is 8.73. The van der Waals surface area contributed by atoms with E-state index in [1.807, 2.05) is 31.0 Å². The monoisotopic (exact) mass is 174 g/mol. The van der Waals surface area contributed by atoms with E-state index >= 15 is 0 Å². The molecule has 68 valence electrons. The van der Waals surface area contributed by atoms with Crippen molar-refractivity contribution in [1.82, 2.24) is 0 Å². The lowest BCUT2D eigenvalue weighted by molar-refractivity contribution is 0.835. The van der Waals surface area contributed by atoms with Crippen molar-refractivity contribution >= 4 is 5.69 Å². The number of nitriles is 1. The number of anilines is 1. The van der Waals surface area contributed by atoms with Crippen LogP contribution in [0.1, 0.15) is 12.5 Å².